The molecule has 1 atom stereocenters. The molecule has 2 aromatic carbocycles. The number of rotatable bonds is 4. The lowest BCUT2D eigenvalue weighted by Crippen LogP contribution is -2.55. The van der Waals surface area contributed by atoms with Gasteiger partial charge in [-0.3, -0.25) is 4.79 Å². The largest absolute Gasteiger partial charge is 0.433 e. The van der Waals surface area contributed by atoms with Gasteiger partial charge < -0.3 is 5.32 Å². The van der Waals surface area contributed by atoms with Gasteiger partial charge in [0.1, 0.15) is 0 Å². The lowest BCUT2D eigenvalue weighted by atomic mass is 9.93. The van der Waals surface area contributed by atoms with Crippen LogP contribution in [0.4, 0.5) is 36.4 Å². The molecule has 1 amide bonds. The summed E-state index contributed by atoms with van der Waals surface area (Å²) in [5.41, 5.74) is -6.53. The quantitative estimate of drug-likeness (QED) is 0.429. The van der Waals surface area contributed by atoms with Gasteiger partial charge in [-0.05, 0) is 23.8 Å². The van der Waals surface area contributed by atoms with Crippen LogP contribution in [-0.2, 0) is 0 Å². The Morgan fingerprint density at radius 2 is 1.30 bits per heavy atom. The van der Waals surface area contributed by atoms with E-state index >= 15 is 0 Å². The van der Waals surface area contributed by atoms with E-state index in [1.165, 1.54) is 30.3 Å². The molecular weight excluding hydrogens is 447 g/mol. The summed E-state index contributed by atoms with van der Waals surface area (Å²) < 4.78 is 92.2. The Kier molecular flexibility index (Phi) is 5.88. The van der Waals surface area contributed by atoms with E-state index in [9.17, 15) is 35.5 Å². The van der Waals surface area contributed by atoms with Crippen molar-refractivity contribution in [1.29, 1.82) is 0 Å². The molecular formula is C17H11BrF7NO. The van der Waals surface area contributed by atoms with Crippen molar-refractivity contribution < 1.29 is 35.5 Å². The maximum atomic E-state index is 14.3. The van der Waals surface area contributed by atoms with Gasteiger partial charge in [0, 0.05) is 11.3 Å². The molecule has 27 heavy (non-hydrogen) atoms. The normalized spacial score (nSPS) is 13.9. The minimum Gasteiger partial charge on any atom is -0.322 e. The Hall–Kier alpha value is -2.10. The minimum absolute atomic E-state index is 0.122. The average molecular weight is 458 g/mol. The summed E-state index contributed by atoms with van der Waals surface area (Å²) in [6.45, 7) is 0. The third-order valence-corrected chi connectivity index (χ3v) is 4.82. The Bertz CT molecular complexity index is 791. The fourth-order valence-corrected chi connectivity index (χ4v) is 3.20. The van der Waals surface area contributed by atoms with Crippen LogP contribution in [0.25, 0.3) is 0 Å². The fraction of sp³-hybridized carbons (Fsp3) is 0.235. The molecule has 2 aromatic rings. The first-order valence-electron chi connectivity index (χ1n) is 7.31. The number of alkyl halides is 8. The maximum absolute atomic E-state index is 14.3. The zero-order valence-corrected chi connectivity index (χ0v) is 14.8. The predicted octanol–water partition coefficient (Wildman–Crippen LogP) is 6.21. The van der Waals surface area contributed by atoms with E-state index in [1.807, 2.05) is 0 Å². The first kappa shape index (κ1) is 21.2. The number of hydrogen-bond donors (Lipinski definition) is 1. The highest BCUT2D eigenvalue weighted by Crippen LogP contribution is 2.57. The van der Waals surface area contributed by atoms with Crippen molar-refractivity contribution >= 4 is 27.5 Å². The van der Waals surface area contributed by atoms with E-state index in [-0.39, 0.29) is 11.3 Å². The molecule has 0 spiro atoms. The summed E-state index contributed by atoms with van der Waals surface area (Å²) >= 11 is 2.21. The van der Waals surface area contributed by atoms with Crippen LogP contribution in [-0.4, -0.2) is 23.9 Å². The maximum Gasteiger partial charge on any atom is 0.433 e. The molecule has 0 bridgehead atoms. The van der Waals surface area contributed by atoms with Crippen LogP contribution in [0.3, 0.4) is 0 Å². The Morgan fingerprint density at radius 1 is 0.815 bits per heavy atom. The van der Waals surface area contributed by atoms with Gasteiger partial charge in [0.15, 0.2) is 0 Å². The highest BCUT2D eigenvalue weighted by molar-refractivity contribution is 9.09. The van der Waals surface area contributed by atoms with Crippen molar-refractivity contribution in [1.82, 2.24) is 0 Å². The molecule has 0 radical (unpaired) electrons. The minimum atomic E-state index is -6.24. The third-order valence-electron chi connectivity index (χ3n) is 3.69. The average Bonchev–Trinajstić information content (AvgIpc) is 2.59. The van der Waals surface area contributed by atoms with Gasteiger partial charge in [-0.25, -0.2) is 4.39 Å². The summed E-state index contributed by atoms with van der Waals surface area (Å²) in [6.07, 6.45) is -12.5. The van der Waals surface area contributed by atoms with Crippen LogP contribution in [0.1, 0.15) is 20.7 Å². The molecule has 10 heteroatoms. The number of nitrogens with one attached hydrogen (secondary N) is 1. The van der Waals surface area contributed by atoms with Gasteiger partial charge in [-0.1, -0.05) is 52.3 Å². The summed E-state index contributed by atoms with van der Waals surface area (Å²) in [6, 6.07) is 11.8. The number of carbonyl (C=O) groups excluding carboxylic acids is 1. The second kappa shape index (κ2) is 7.49. The summed E-state index contributed by atoms with van der Waals surface area (Å²) in [5, 5.41) is 2.21. The lowest BCUT2D eigenvalue weighted by molar-refractivity contribution is -0.341. The standard InChI is InChI=1S/C17H11BrF7NO/c18-13(15(19,16(20,21)22)17(23,24)25)11-8-4-5-9-12(11)26-14(27)10-6-2-1-3-7-10/h1-9,13H,(H,26,27). The van der Waals surface area contributed by atoms with E-state index < -0.39 is 34.3 Å². The Morgan fingerprint density at radius 3 is 1.81 bits per heavy atom. The van der Waals surface area contributed by atoms with Crippen LogP contribution >= 0.6 is 15.9 Å². The van der Waals surface area contributed by atoms with Gasteiger partial charge in [0.2, 0.25) is 0 Å². The van der Waals surface area contributed by atoms with Crippen LogP contribution < -0.4 is 5.32 Å². The molecule has 0 fully saturated rings. The van der Waals surface area contributed by atoms with E-state index in [4.69, 9.17) is 0 Å². The van der Waals surface area contributed by atoms with Crippen molar-refractivity contribution in [2.75, 3.05) is 5.32 Å². The second-order valence-corrected chi connectivity index (χ2v) is 6.39. The number of carbonyl (C=O) groups is 1. The van der Waals surface area contributed by atoms with Gasteiger partial charge in [0.25, 0.3) is 5.91 Å². The van der Waals surface area contributed by atoms with Gasteiger partial charge in [-0.2, -0.15) is 26.3 Å². The zero-order valence-electron chi connectivity index (χ0n) is 13.2. The number of anilines is 1. The van der Waals surface area contributed by atoms with Crippen LogP contribution in [0, 0.1) is 0 Å². The third kappa shape index (κ3) is 4.10. The Balaban J connectivity index is 2.46. The van der Waals surface area contributed by atoms with Crippen molar-refractivity contribution in [3.8, 4) is 0 Å². The van der Waals surface area contributed by atoms with Crippen LogP contribution in [0.5, 0.6) is 0 Å². The Labute approximate surface area is 157 Å². The molecule has 1 unspecified atom stereocenters. The first-order valence-corrected chi connectivity index (χ1v) is 8.23. The number of para-hydroxylation sites is 1. The van der Waals surface area contributed by atoms with Gasteiger partial charge >= 0.3 is 18.0 Å². The molecule has 0 saturated carbocycles. The van der Waals surface area contributed by atoms with Gasteiger partial charge in [-0.15, -0.1) is 0 Å². The first-order chi connectivity index (χ1) is 12.4. The van der Waals surface area contributed by atoms with Crippen molar-refractivity contribution in [2.45, 2.75) is 22.8 Å². The van der Waals surface area contributed by atoms with Crippen LogP contribution in [0.2, 0.25) is 0 Å². The highest BCUT2D eigenvalue weighted by atomic mass is 79.9. The molecule has 0 aliphatic rings. The van der Waals surface area contributed by atoms with E-state index in [0.29, 0.717) is 0 Å². The predicted molar refractivity (Wildman–Crippen MR) is 88.5 cm³/mol. The molecule has 0 aliphatic heterocycles. The molecule has 0 saturated heterocycles. The lowest BCUT2D eigenvalue weighted by Gasteiger charge is -2.34. The molecule has 2 rings (SSSR count). The smallest absolute Gasteiger partial charge is 0.322 e. The molecule has 2 nitrogen and oxygen atoms in total. The summed E-state index contributed by atoms with van der Waals surface area (Å²) in [7, 11) is 0. The molecule has 146 valence electrons. The molecule has 1 N–H and O–H groups in total. The molecule has 0 aromatic heterocycles. The van der Waals surface area contributed by atoms with Crippen molar-refractivity contribution in [2.24, 2.45) is 0 Å². The summed E-state index contributed by atoms with van der Waals surface area (Å²) in [4.78, 5) is 9.33. The number of halogens is 8. The number of benzene rings is 2. The van der Waals surface area contributed by atoms with Crippen molar-refractivity contribution in [3.63, 3.8) is 0 Å². The summed E-state index contributed by atoms with van der Waals surface area (Å²) in [5.74, 6) is -0.772. The van der Waals surface area contributed by atoms with E-state index in [1.54, 1.807) is 6.07 Å². The van der Waals surface area contributed by atoms with Crippen molar-refractivity contribution in [3.05, 3.63) is 65.7 Å². The molecule has 0 heterocycles. The zero-order chi connectivity index (χ0) is 20.5. The monoisotopic (exact) mass is 457 g/mol. The highest BCUT2D eigenvalue weighted by Gasteiger charge is 2.76. The number of hydrogen-bond acceptors (Lipinski definition) is 1. The van der Waals surface area contributed by atoms with Gasteiger partial charge in [0.05, 0.1) is 4.83 Å². The number of amides is 1. The molecule has 0 aliphatic carbocycles. The SMILES string of the molecule is O=C(Nc1ccccc1C(Br)C(F)(C(F)(F)F)C(F)(F)F)c1ccccc1. The topological polar surface area (TPSA) is 29.1 Å². The van der Waals surface area contributed by atoms with Crippen LogP contribution in [0.15, 0.2) is 54.6 Å². The van der Waals surface area contributed by atoms with E-state index in [0.717, 1.165) is 18.2 Å². The fourth-order valence-electron chi connectivity index (χ4n) is 2.28. The van der Waals surface area contributed by atoms with E-state index in [2.05, 4.69) is 21.2 Å². The second-order valence-electron chi connectivity index (χ2n) is 5.48.